The molecule has 0 bridgehead atoms. The molecule has 0 unspecified atom stereocenters. The van der Waals surface area contributed by atoms with Crippen LogP contribution in [0.5, 0.6) is 11.5 Å². The predicted octanol–water partition coefficient (Wildman–Crippen LogP) is 3.04. The van der Waals surface area contributed by atoms with Gasteiger partial charge in [-0.25, -0.2) is 4.79 Å². The van der Waals surface area contributed by atoms with Crippen LogP contribution >= 0.6 is 0 Å². The smallest absolute Gasteiger partial charge is 0.343 e. The number of hydrogen-bond acceptors (Lipinski definition) is 7. The van der Waals surface area contributed by atoms with Gasteiger partial charge in [0, 0.05) is 17.5 Å². The van der Waals surface area contributed by atoms with Crippen LogP contribution in [0.2, 0.25) is 0 Å². The lowest BCUT2D eigenvalue weighted by Gasteiger charge is -2.17. The van der Waals surface area contributed by atoms with Gasteiger partial charge in [-0.05, 0) is 35.7 Å². The zero-order chi connectivity index (χ0) is 22.1. The molecule has 31 heavy (non-hydrogen) atoms. The van der Waals surface area contributed by atoms with Gasteiger partial charge < -0.3 is 24.0 Å². The highest BCUT2D eigenvalue weighted by molar-refractivity contribution is 5.85. The van der Waals surface area contributed by atoms with Gasteiger partial charge in [0.25, 0.3) is 5.56 Å². The number of pyridine rings is 1. The van der Waals surface area contributed by atoms with E-state index in [1.807, 2.05) is 0 Å². The van der Waals surface area contributed by atoms with Crippen LogP contribution in [0.1, 0.15) is 23.5 Å². The molecular weight excluding hydrogens is 402 g/mol. The summed E-state index contributed by atoms with van der Waals surface area (Å²) in [6.45, 7) is 0. The average Bonchev–Trinajstić information content (AvgIpc) is 2.77. The summed E-state index contributed by atoms with van der Waals surface area (Å²) in [5.74, 6) is -1.50. The monoisotopic (exact) mass is 421 g/mol. The van der Waals surface area contributed by atoms with Gasteiger partial charge in [0.15, 0.2) is 0 Å². The maximum atomic E-state index is 12.9. The zero-order valence-electron chi connectivity index (χ0n) is 16.8. The van der Waals surface area contributed by atoms with Crippen molar-refractivity contribution in [1.29, 1.82) is 0 Å². The van der Waals surface area contributed by atoms with Crippen molar-refractivity contribution in [2.24, 2.45) is 0 Å². The standard InChI is InChI=1S/C23H19NO7/c1-29-13-8-7-12-9-16(22(27)24-17(12)10-13)15(11-19(25)30-2)20-21(26)14-5-3-4-6-18(14)31-23(20)28/h3-10,15,26H,11H2,1-2H3,(H,24,27)/t15-/m1/s1. The van der Waals surface area contributed by atoms with Crippen molar-refractivity contribution in [2.75, 3.05) is 14.2 Å². The van der Waals surface area contributed by atoms with Gasteiger partial charge in [0.2, 0.25) is 0 Å². The van der Waals surface area contributed by atoms with E-state index in [1.165, 1.54) is 14.2 Å². The number of benzene rings is 2. The number of hydrogen-bond donors (Lipinski definition) is 2. The fraction of sp³-hybridized carbons (Fsp3) is 0.174. The van der Waals surface area contributed by atoms with Gasteiger partial charge in [-0.1, -0.05) is 12.1 Å². The molecule has 0 radical (unpaired) electrons. The molecule has 0 spiro atoms. The van der Waals surface area contributed by atoms with Gasteiger partial charge >= 0.3 is 11.6 Å². The average molecular weight is 421 g/mol. The quantitative estimate of drug-likeness (QED) is 0.375. The summed E-state index contributed by atoms with van der Waals surface area (Å²) < 4.78 is 15.3. The Morgan fingerprint density at radius 2 is 1.90 bits per heavy atom. The Hall–Kier alpha value is -4.07. The molecule has 0 amide bonds. The number of rotatable bonds is 5. The number of aromatic hydroxyl groups is 1. The van der Waals surface area contributed by atoms with Crippen molar-refractivity contribution in [3.8, 4) is 11.5 Å². The minimum Gasteiger partial charge on any atom is -0.507 e. The minimum atomic E-state index is -1.08. The maximum Gasteiger partial charge on any atom is 0.343 e. The van der Waals surface area contributed by atoms with E-state index in [1.54, 1.807) is 48.5 Å². The van der Waals surface area contributed by atoms with Crippen LogP contribution in [-0.2, 0) is 9.53 Å². The van der Waals surface area contributed by atoms with Gasteiger partial charge in [0.1, 0.15) is 17.1 Å². The van der Waals surface area contributed by atoms with Crippen molar-refractivity contribution >= 4 is 27.8 Å². The van der Waals surface area contributed by atoms with Crippen molar-refractivity contribution in [1.82, 2.24) is 4.98 Å². The number of nitrogens with one attached hydrogen (secondary N) is 1. The van der Waals surface area contributed by atoms with E-state index in [9.17, 15) is 19.5 Å². The van der Waals surface area contributed by atoms with E-state index in [-0.39, 0.29) is 28.9 Å². The molecule has 0 saturated carbocycles. The summed E-state index contributed by atoms with van der Waals surface area (Å²) in [5.41, 5.74) is -0.672. The molecule has 8 nitrogen and oxygen atoms in total. The molecule has 0 aliphatic heterocycles. The molecule has 4 rings (SSSR count). The fourth-order valence-corrected chi connectivity index (χ4v) is 3.66. The molecule has 2 aromatic heterocycles. The number of aromatic amines is 1. The molecule has 2 aromatic carbocycles. The van der Waals surface area contributed by atoms with Crippen molar-refractivity contribution in [2.45, 2.75) is 12.3 Å². The van der Waals surface area contributed by atoms with Crippen molar-refractivity contribution in [3.05, 3.63) is 80.4 Å². The Morgan fingerprint density at radius 3 is 2.65 bits per heavy atom. The van der Waals surface area contributed by atoms with E-state index in [4.69, 9.17) is 13.9 Å². The number of methoxy groups -OCH3 is 2. The van der Waals surface area contributed by atoms with E-state index in [2.05, 4.69) is 4.98 Å². The fourth-order valence-electron chi connectivity index (χ4n) is 3.66. The highest BCUT2D eigenvalue weighted by atomic mass is 16.5. The third-order valence-corrected chi connectivity index (χ3v) is 5.22. The number of H-pyrrole nitrogens is 1. The number of carbonyl (C=O) groups is 1. The Labute approximate surface area is 175 Å². The van der Waals surface area contributed by atoms with Gasteiger partial charge in [-0.2, -0.15) is 0 Å². The number of esters is 1. The summed E-state index contributed by atoms with van der Waals surface area (Å²) in [5, 5.41) is 11.8. The Morgan fingerprint density at radius 1 is 1.13 bits per heavy atom. The number of aromatic nitrogens is 1. The van der Waals surface area contributed by atoms with Gasteiger partial charge in [-0.3, -0.25) is 9.59 Å². The van der Waals surface area contributed by atoms with Crippen LogP contribution in [0.3, 0.4) is 0 Å². The second kappa shape index (κ2) is 7.98. The molecule has 2 heterocycles. The van der Waals surface area contributed by atoms with Crippen LogP contribution in [0.4, 0.5) is 0 Å². The first-order valence-corrected chi connectivity index (χ1v) is 9.45. The topological polar surface area (TPSA) is 119 Å². The summed E-state index contributed by atoms with van der Waals surface area (Å²) in [6, 6.07) is 13.2. The van der Waals surface area contributed by atoms with E-state index >= 15 is 0 Å². The van der Waals surface area contributed by atoms with E-state index in [0.717, 1.165) is 0 Å². The molecule has 4 aromatic rings. The molecule has 0 saturated heterocycles. The molecule has 0 aliphatic carbocycles. The SMILES string of the molecule is COC(=O)C[C@H](c1cc2ccc(OC)cc2[nH]c1=O)c1c(O)c2ccccc2oc1=O. The van der Waals surface area contributed by atoms with Crippen LogP contribution in [-0.4, -0.2) is 30.3 Å². The van der Waals surface area contributed by atoms with Crippen LogP contribution in [0, 0.1) is 0 Å². The normalized spacial score (nSPS) is 12.1. The Balaban J connectivity index is 1.98. The first-order valence-electron chi connectivity index (χ1n) is 9.45. The van der Waals surface area contributed by atoms with Crippen LogP contribution in [0.25, 0.3) is 21.9 Å². The van der Waals surface area contributed by atoms with Crippen molar-refractivity contribution in [3.63, 3.8) is 0 Å². The zero-order valence-corrected chi connectivity index (χ0v) is 16.8. The minimum absolute atomic E-state index is 0.126. The molecule has 2 N–H and O–H groups in total. The predicted molar refractivity (Wildman–Crippen MR) is 114 cm³/mol. The third-order valence-electron chi connectivity index (χ3n) is 5.22. The summed E-state index contributed by atoms with van der Waals surface area (Å²) in [6.07, 6.45) is -0.335. The summed E-state index contributed by atoms with van der Waals surface area (Å²) in [7, 11) is 2.72. The number of carbonyl (C=O) groups excluding carboxylic acids is 1. The first kappa shape index (κ1) is 20.2. The highest BCUT2D eigenvalue weighted by Crippen LogP contribution is 2.36. The third kappa shape index (κ3) is 3.63. The Bertz CT molecular complexity index is 1420. The summed E-state index contributed by atoms with van der Waals surface area (Å²) in [4.78, 5) is 40.6. The highest BCUT2D eigenvalue weighted by Gasteiger charge is 2.29. The maximum absolute atomic E-state index is 12.9. The van der Waals surface area contributed by atoms with Crippen LogP contribution < -0.4 is 15.9 Å². The number of fused-ring (bicyclic) bond motifs is 2. The lowest BCUT2D eigenvalue weighted by molar-refractivity contribution is -0.140. The van der Waals surface area contributed by atoms with Crippen LogP contribution in [0.15, 0.2) is 62.5 Å². The largest absolute Gasteiger partial charge is 0.507 e. The van der Waals surface area contributed by atoms with E-state index < -0.39 is 23.1 Å². The molecule has 8 heteroatoms. The lowest BCUT2D eigenvalue weighted by Crippen LogP contribution is -2.24. The second-order valence-corrected chi connectivity index (χ2v) is 6.99. The molecule has 1 atom stereocenters. The van der Waals surface area contributed by atoms with E-state index in [0.29, 0.717) is 22.0 Å². The van der Waals surface area contributed by atoms with Crippen molar-refractivity contribution < 1.29 is 23.8 Å². The number of para-hydroxylation sites is 1. The molecule has 0 aliphatic rings. The second-order valence-electron chi connectivity index (χ2n) is 6.99. The molecule has 158 valence electrons. The van der Waals surface area contributed by atoms with Gasteiger partial charge in [-0.15, -0.1) is 0 Å². The lowest BCUT2D eigenvalue weighted by atomic mass is 9.88. The summed E-state index contributed by atoms with van der Waals surface area (Å²) >= 11 is 0. The van der Waals surface area contributed by atoms with Gasteiger partial charge in [0.05, 0.1) is 37.1 Å². The molecule has 0 fully saturated rings. The Kier molecular flexibility index (Phi) is 5.21. The molecular formula is C23H19NO7. The first-order chi connectivity index (χ1) is 14.9. The number of ether oxygens (including phenoxy) is 2.